The van der Waals surface area contributed by atoms with Gasteiger partial charge in [0.25, 0.3) is 0 Å². The van der Waals surface area contributed by atoms with Gasteiger partial charge in [-0.2, -0.15) is 0 Å². The molecule has 0 aromatic carbocycles. The second kappa shape index (κ2) is 9.65. The topological polar surface area (TPSA) is 80.3 Å². The van der Waals surface area contributed by atoms with Crippen molar-refractivity contribution in [1.82, 2.24) is 0 Å². The van der Waals surface area contributed by atoms with Crippen molar-refractivity contribution < 1.29 is 78.9 Å². The predicted molar refractivity (Wildman–Crippen MR) is 61.0 cm³/mol. The van der Waals surface area contributed by atoms with Gasteiger partial charge in [-0.1, -0.05) is 25.7 Å². The zero-order valence-electron chi connectivity index (χ0n) is 12.4. The number of carbonyl (C=O) groups excluding carboxylic acids is 2. The van der Waals surface area contributed by atoms with Gasteiger partial charge in [-0.25, -0.2) is 0 Å². The van der Waals surface area contributed by atoms with E-state index in [9.17, 15) is 19.8 Å². The van der Waals surface area contributed by atoms with Crippen molar-refractivity contribution in [3.8, 4) is 0 Å². The minimum atomic E-state index is -1.31. The fourth-order valence-electron chi connectivity index (χ4n) is 3.42. The van der Waals surface area contributed by atoms with E-state index in [4.69, 9.17) is 0 Å². The molecular weight excluding hydrogens is 278 g/mol. The summed E-state index contributed by atoms with van der Waals surface area (Å²) in [6.07, 6.45) is 6.89. The van der Waals surface area contributed by atoms with Gasteiger partial charge in [0.1, 0.15) is 0 Å². The molecule has 4 nitrogen and oxygen atoms in total. The Kier molecular flexibility index (Phi) is 9.98. The Bertz CT molecular complexity index is 345. The monoisotopic (exact) mass is 296 g/mol. The average molecular weight is 296 g/mol. The van der Waals surface area contributed by atoms with Gasteiger partial charge < -0.3 is 19.8 Å². The van der Waals surface area contributed by atoms with Crippen molar-refractivity contribution in [3.05, 3.63) is 11.1 Å². The standard InChI is InChI=1S/C14H20O4.2Na/c15-13(16)11(9-5-1-2-6-9)12(14(17)18)10-7-3-4-8-10;;/h9-10H,1-8H2,(H,15,16)(H,17,18);;/q;2*+1/p-2. The van der Waals surface area contributed by atoms with Crippen molar-refractivity contribution in [2.24, 2.45) is 11.8 Å². The maximum atomic E-state index is 11.3. The van der Waals surface area contributed by atoms with E-state index in [1.165, 1.54) is 0 Å². The number of aliphatic carboxylic acids is 2. The molecule has 20 heavy (non-hydrogen) atoms. The smallest absolute Gasteiger partial charge is 0.545 e. The van der Waals surface area contributed by atoms with Crippen LogP contribution in [-0.4, -0.2) is 11.9 Å². The quantitative estimate of drug-likeness (QED) is 0.382. The van der Waals surface area contributed by atoms with Crippen molar-refractivity contribution in [2.45, 2.75) is 51.4 Å². The molecule has 2 saturated carbocycles. The van der Waals surface area contributed by atoms with E-state index >= 15 is 0 Å². The van der Waals surface area contributed by atoms with Crippen LogP contribution in [0, 0.1) is 11.8 Å². The van der Waals surface area contributed by atoms with Crippen molar-refractivity contribution >= 4 is 11.9 Å². The first-order valence-corrected chi connectivity index (χ1v) is 6.78. The molecule has 0 N–H and O–H groups in total. The van der Waals surface area contributed by atoms with Crippen LogP contribution >= 0.6 is 0 Å². The van der Waals surface area contributed by atoms with Crippen molar-refractivity contribution in [2.75, 3.05) is 0 Å². The van der Waals surface area contributed by atoms with Crippen LogP contribution in [0.1, 0.15) is 51.4 Å². The van der Waals surface area contributed by atoms with E-state index < -0.39 is 11.9 Å². The molecule has 0 radical (unpaired) electrons. The second-order valence-electron chi connectivity index (χ2n) is 5.37. The van der Waals surface area contributed by atoms with Gasteiger partial charge in [-0.15, -0.1) is 0 Å². The molecule has 0 atom stereocenters. The summed E-state index contributed by atoms with van der Waals surface area (Å²) in [6, 6.07) is 0. The second-order valence-corrected chi connectivity index (χ2v) is 5.37. The summed E-state index contributed by atoms with van der Waals surface area (Å²) in [5.41, 5.74) is 0.0544. The van der Waals surface area contributed by atoms with Crippen LogP contribution in [-0.2, 0) is 9.59 Å². The van der Waals surface area contributed by atoms with E-state index in [0.29, 0.717) is 0 Å². The largest absolute Gasteiger partial charge is 1.00 e. The minimum Gasteiger partial charge on any atom is -0.545 e. The summed E-state index contributed by atoms with van der Waals surface area (Å²) in [7, 11) is 0. The number of rotatable bonds is 4. The van der Waals surface area contributed by atoms with Gasteiger partial charge in [-0.05, 0) is 48.7 Å². The molecule has 0 aromatic heterocycles. The molecule has 6 heteroatoms. The Labute approximate surface area is 164 Å². The zero-order valence-corrected chi connectivity index (χ0v) is 16.4. The van der Waals surface area contributed by atoms with E-state index in [2.05, 4.69) is 0 Å². The molecule has 0 bridgehead atoms. The third kappa shape index (κ3) is 4.85. The summed E-state index contributed by atoms with van der Waals surface area (Å²) >= 11 is 0. The van der Waals surface area contributed by atoms with Gasteiger partial charge in [-0.3, -0.25) is 0 Å². The van der Waals surface area contributed by atoms with Crippen LogP contribution < -0.4 is 69.3 Å². The first kappa shape index (κ1) is 20.7. The maximum absolute atomic E-state index is 11.3. The molecule has 100 valence electrons. The predicted octanol–water partition coefficient (Wildman–Crippen LogP) is -5.83. The number of hydrogen-bond acceptors (Lipinski definition) is 4. The van der Waals surface area contributed by atoms with Gasteiger partial charge in [0, 0.05) is 0 Å². The summed E-state index contributed by atoms with van der Waals surface area (Å²) in [5, 5.41) is 22.7. The fraction of sp³-hybridized carbons (Fsp3) is 0.714. The van der Waals surface area contributed by atoms with Crippen LogP contribution in [0.15, 0.2) is 11.1 Å². The third-order valence-electron chi connectivity index (χ3n) is 4.26. The van der Waals surface area contributed by atoms with Gasteiger partial charge >= 0.3 is 59.1 Å². The van der Waals surface area contributed by atoms with Gasteiger partial charge in [0.05, 0.1) is 11.9 Å². The van der Waals surface area contributed by atoms with Crippen LogP contribution in [0.4, 0.5) is 0 Å². The molecule has 2 aliphatic rings. The number of carbonyl (C=O) groups is 2. The van der Waals surface area contributed by atoms with Crippen molar-refractivity contribution in [1.29, 1.82) is 0 Å². The Morgan fingerprint density at radius 1 is 0.650 bits per heavy atom. The molecule has 0 unspecified atom stereocenters. The first-order chi connectivity index (χ1) is 8.61. The molecule has 0 aromatic rings. The molecular formula is C14H18Na2O4. The van der Waals surface area contributed by atoms with E-state index in [1.807, 2.05) is 0 Å². The Morgan fingerprint density at radius 3 is 1.10 bits per heavy atom. The summed E-state index contributed by atoms with van der Waals surface area (Å²) in [5.74, 6) is -2.92. The summed E-state index contributed by atoms with van der Waals surface area (Å²) in [4.78, 5) is 22.7. The molecule has 0 amide bonds. The van der Waals surface area contributed by atoms with Crippen LogP contribution in [0.5, 0.6) is 0 Å². The van der Waals surface area contributed by atoms with E-state index in [-0.39, 0.29) is 82.1 Å². The maximum Gasteiger partial charge on any atom is 1.00 e. The molecule has 2 aliphatic carbocycles. The molecule has 0 aliphatic heterocycles. The molecule has 0 saturated heterocycles. The molecule has 0 heterocycles. The van der Waals surface area contributed by atoms with Crippen molar-refractivity contribution in [3.63, 3.8) is 0 Å². The Morgan fingerprint density at radius 2 is 0.900 bits per heavy atom. The van der Waals surface area contributed by atoms with E-state index in [0.717, 1.165) is 51.4 Å². The number of carboxylic acid groups (broad SMARTS) is 2. The molecule has 2 rings (SSSR count). The Balaban J connectivity index is 0.00000180. The summed E-state index contributed by atoms with van der Waals surface area (Å²) in [6.45, 7) is 0. The third-order valence-corrected chi connectivity index (χ3v) is 4.26. The average Bonchev–Trinajstić information content (AvgIpc) is 2.97. The minimum absolute atomic E-state index is 0. The molecule has 0 spiro atoms. The number of carboxylic acids is 2. The van der Waals surface area contributed by atoms with Gasteiger partial charge in [0.15, 0.2) is 0 Å². The molecule has 2 fully saturated rings. The summed E-state index contributed by atoms with van der Waals surface area (Å²) < 4.78 is 0. The first-order valence-electron chi connectivity index (χ1n) is 6.78. The van der Waals surface area contributed by atoms with Crippen LogP contribution in [0.25, 0.3) is 0 Å². The Hall–Kier alpha value is 0.680. The number of hydrogen-bond donors (Lipinski definition) is 0. The van der Waals surface area contributed by atoms with Crippen LogP contribution in [0.2, 0.25) is 0 Å². The van der Waals surface area contributed by atoms with Crippen LogP contribution in [0.3, 0.4) is 0 Å². The zero-order chi connectivity index (χ0) is 13.1. The van der Waals surface area contributed by atoms with Gasteiger partial charge in [0.2, 0.25) is 0 Å². The SMILES string of the molecule is O=C([O-])C(=C(C(=O)[O-])C1CCCC1)C1CCCC1.[Na+].[Na+]. The van der Waals surface area contributed by atoms with E-state index in [1.54, 1.807) is 0 Å². The fourth-order valence-corrected chi connectivity index (χ4v) is 3.42. The normalized spacial score (nSPS) is 20.8.